The summed E-state index contributed by atoms with van der Waals surface area (Å²) in [5.74, 6) is 0.793. The van der Waals surface area contributed by atoms with Crippen molar-refractivity contribution in [1.82, 2.24) is 10.6 Å². The standard InChI is InChI=1S/C13H20N2O2/c1-3-4-9-14-13(16)15-10-11-7-5-6-8-12(11)17-2/h5-8H,3-4,9-10H2,1-2H3,(H2,14,15,16). The lowest BCUT2D eigenvalue weighted by Crippen LogP contribution is -2.35. The maximum Gasteiger partial charge on any atom is 0.315 e. The second kappa shape index (κ2) is 7.54. The molecular formula is C13H20N2O2. The Kier molecular flexibility index (Phi) is 5.93. The maximum atomic E-state index is 11.4. The highest BCUT2D eigenvalue weighted by Crippen LogP contribution is 2.16. The highest BCUT2D eigenvalue weighted by atomic mass is 16.5. The van der Waals surface area contributed by atoms with Crippen molar-refractivity contribution in [3.8, 4) is 5.75 Å². The molecule has 17 heavy (non-hydrogen) atoms. The van der Waals surface area contributed by atoms with Crippen LogP contribution in [0.4, 0.5) is 4.79 Å². The fraction of sp³-hybridized carbons (Fsp3) is 0.462. The van der Waals surface area contributed by atoms with Gasteiger partial charge < -0.3 is 15.4 Å². The first-order valence-corrected chi connectivity index (χ1v) is 5.91. The summed E-state index contributed by atoms with van der Waals surface area (Å²) in [5, 5.41) is 5.60. The van der Waals surface area contributed by atoms with Gasteiger partial charge in [0.15, 0.2) is 0 Å². The molecule has 0 aliphatic heterocycles. The van der Waals surface area contributed by atoms with Gasteiger partial charge in [-0.25, -0.2) is 4.79 Å². The number of hydrogen-bond donors (Lipinski definition) is 2. The number of urea groups is 1. The third-order valence-electron chi connectivity index (χ3n) is 2.45. The number of rotatable bonds is 6. The molecule has 0 saturated carbocycles. The van der Waals surface area contributed by atoms with E-state index in [1.165, 1.54) is 0 Å². The van der Waals surface area contributed by atoms with Crippen molar-refractivity contribution in [2.45, 2.75) is 26.3 Å². The van der Waals surface area contributed by atoms with Gasteiger partial charge in [0, 0.05) is 18.7 Å². The summed E-state index contributed by atoms with van der Waals surface area (Å²) in [4.78, 5) is 11.4. The van der Waals surface area contributed by atoms with E-state index in [1.54, 1.807) is 7.11 Å². The smallest absolute Gasteiger partial charge is 0.315 e. The van der Waals surface area contributed by atoms with E-state index in [1.807, 2.05) is 24.3 Å². The predicted octanol–water partition coefficient (Wildman–Crippen LogP) is 2.29. The van der Waals surface area contributed by atoms with E-state index in [0.29, 0.717) is 13.1 Å². The van der Waals surface area contributed by atoms with Gasteiger partial charge in [-0.3, -0.25) is 0 Å². The minimum absolute atomic E-state index is 0.135. The van der Waals surface area contributed by atoms with Crippen LogP contribution in [0.25, 0.3) is 0 Å². The van der Waals surface area contributed by atoms with Gasteiger partial charge in [0.25, 0.3) is 0 Å². The molecule has 0 unspecified atom stereocenters. The SMILES string of the molecule is CCCCNC(=O)NCc1ccccc1OC. The molecule has 0 heterocycles. The van der Waals surface area contributed by atoms with Crippen LogP contribution in [-0.4, -0.2) is 19.7 Å². The quantitative estimate of drug-likeness (QED) is 0.745. The summed E-state index contributed by atoms with van der Waals surface area (Å²) in [6, 6.07) is 7.51. The molecule has 0 fully saturated rings. The summed E-state index contributed by atoms with van der Waals surface area (Å²) in [6.07, 6.45) is 2.08. The molecule has 94 valence electrons. The first-order chi connectivity index (χ1) is 8.27. The van der Waals surface area contributed by atoms with Crippen molar-refractivity contribution in [2.75, 3.05) is 13.7 Å². The van der Waals surface area contributed by atoms with Crippen LogP contribution in [-0.2, 0) is 6.54 Å². The zero-order valence-corrected chi connectivity index (χ0v) is 10.5. The van der Waals surface area contributed by atoms with Crippen molar-refractivity contribution < 1.29 is 9.53 Å². The number of amides is 2. The zero-order valence-electron chi connectivity index (χ0n) is 10.5. The number of benzene rings is 1. The summed E-state index contributed by atoms with van der Waals surface area (Å²) < 4.78 is 5.20. The summed E-state index contributed by atoms with van der Waals surface area (Å²) in [5.41, 5.74) is 0.973. The Labute approximate surface area is 102 Å². The number of carbonyl (C=O) groups excluding carboxylic acids is 1. The van der Waals surface area contributed by atoms with Gasteiger partial charge in [0.05, 0.1) is 7.11 Å². The van der Waals surface area contributed by atoms with Crippen LogP contribution in [0.5, 0.6) is 5.75 Å². The molecule has 1 rings (SSSR count). The van der Waals surface area contributed by atoms with Crippen molar-refractivity contribution >= 4 is 6.03 Å². The van der Waals surface area contributed by atoms with Crippen LogP contribution in [0.15, 0.2) is 24.3 Å². The Morgan fingerprint density at radius 2 is 2.06 bits per heavy atom. The molecule has 0 bridgehead atoms. The van der Waals surface area contributed by atoms with E-state index in [0.717, 1.165) is 24.2 Å². The van der Waals surface area contributed by atoms with Gasteiger partial charge in [0.1, 0.15) is 5.75 Å². The highest BCUT2D eigenvalue weighted by Gasteiger charge is 2.03. The van der Waals surface area contributed by atoms with E-state index >= 15 is 0 Å². The van der Waals surface area contributed by atoms with E-state index in [2.05, 4.69) is 17.6 Å². The van der Waals surface area contributed by atoms with Gasteiger partial charge in [-0.2, -0.15) is 0 Å². The van der Waals surface area contributed by atoms with Gasteiger partial charge >= 0.3 is 6.03 Å². The molecule has 2 amide bonds. The minimum Gasteiger partial charge on any atom is -0.496 e. The van der Waals surface area contributed by atoms with Gasteiger partial charge in [-0.1, -0.05) is 31.5 Å². The normalized spacial score (nSPS) is 9.76. The Balaban J connectivity index is 2.36. The largest absolute Gasteiger partial charge is 0.496 e. The minimum atomic E-state index is -0.135. The molecule has 1 aromatic carbocycles. The lowest BCUT2D eigenvalue weighted by molar-refractivity contribution is 0.240. The molecule has 4 heteroatoms. The lowest BCUT2D eigenvalue weighted by Gasteiger charge is -2.10. The van der Waals surface area contributed by atoms with E-state index in [-0.39, 0.29) is 6.03 Å². The second-order valence-electron chi connectivity index (χ2n) is 3.77. The number of nitrogens with one attached hydrogen (secondary N) is 2. The molecule has 0 atom stereocenters. The number of hydrogen-bond acceptors (Lipinski definition) is 2. The fourth-order valence-corrected chi connectivity index (χ4v) is 1.47. The third-order valence-corrected chi connectivity index (χ3v) is 2.45. The first-order valence-electron chi connectivity index (χ1n) is 5.91. The topological polar surface area (TPSA) is 50.4 Å². The van der Waals surface area contributed by atoms with E-state index in [9.17, 15) is 4.79 Å². The summed E-state index contributed by atoms with van der Waals surface area (Å²) in [7, 11) is 1.63. The highest BCUT2D eigenvalue weighted by molar-refractivity contribution is 5.73. The third kappa shape index (κ3) is 4.76. The Hall–Kier alpha value is -1.71. The van der Waals surface area contributed by atoms with Crippen LogP contribution in [0.1, 0.15) is 25.3 Å². The molecule has 0 aromatic heterocycles. The molecule has 0 spiro atoms. The lowest BCUT2D eigenvalue weighted by atomic mass is 10.2. The maximum absolute atomic E-state index is 11.4. The Morgan fingerprint density at radius 1 is 1.29 bits per heavy atom. The molecule has 0 aliphatic carbocycles. The fourth-order valence-electron chi connectivity index (χ4n) is 1.47. The molecule has 4 nitrogen and oxygen atoms in total. The van der Waals surface area contributed by atoms with Crippen LogP contribution >= 0.6 is 0 Å². The molecule has 0 radical (unpaired) electrons. The van der Waals surface area contributed by atoms with Crippen molar-refractivity contribution in [1.29, 1.82) is 0 Å². The van der Waals surface area contributed by atoms with Crippen molar-refractivity contribution in [2.24, 2.45) is 0 Å². The Morgan fingerprint density at radius 3 is 2.76 bits per heavy atom. The molecular weight excluding hydrogens is 216 g/mol. The summed E-state index contributed by atoms with van der Waals surface area (Å²) in [6.45, 7) is 3.28. The zero-order chi connectivity index (χ0) is 12.5. The number of ether oxygens (including phenoxy) is 1. The molecule has 2 N–H and O–H groups in total. The number of methoxy groups -OCH3 is 1. The average Bonchev–Trinajstić information content (AvgIpc) is 2.37. The number of unbranched alkanes of at least 4 members (excludes halogenated alkanes) is 1. The predicted molar refractivity (Wildman–Crippen MR) is 68.1 cm³/mol. The van der Waals surface area contributed by atoms with Gasteiger partial charge in [-0.15, -0.1) is 0 Å². The van der Waals surface area contributed by atoms with Gasteiger partial charge in [-0.05, 0) is 12.5 Å². The molecule has 1 aromatic rings. The molecule has 0 aliphatic rings. The van der Waals surface area contributed by atoms with Crippen molar-refractivity contribution in [3.63, 3.8) is 0 Å². The van der Waals surface area contributed by atoms with Crippen LogP contribution < -0.4 is 15.4 Å². The number of para-hydroxylation sites is 1. The van der Waals surface area contributed by atoms with Crippen LogP contribution in [0.2, 0.25) is 0 Å². The van der Waals surface area contributed by atoms with Crippen LogP contribution in [0, 0.1) is 0 Å². The first kappa shape index (κ1) is 13.4. The van der Waals surface area contributed by atoms with Gasteiger partial charge in [0.2, 0.25) is 0 Å². The van der Waals surface area contributed by atoms with E-state index < -0.39 is 0 Å². The summed E-state index contributed by atoms with van der Waals surface area (Å²) >= 11 is 0. The van der Waals surface area contributed by atoms with Crippen LogP contribution in [0.3, 0.4) is 0 Å². The number of carbonyl (C=O) groups is 1. The second-order valence-corrected chi connectivity index (χ2v) is 3.77. The monoisotopic (exact) mass is 236 g/mol. The average molecular weight is 236 g/mol. The molecule has 0 saturated heterocycles. The van der Waals surface area contributed by atoms with Crippen molar-refractivity contribution in [3.05, 3.63) is 29.8 Å². The Bertz CT molecular complexity index is 353. The van der Waals surface area contributed by atoms with E-state index in [4.69, 9.17) is 4.74 Å².